The minimum atomic E-state index is -4.17. The number of sulfonamides is 1. The molecule has 2 aliphatic rings. The van der Waals surface area contributed by atoms with Crippen LogP contribution in [0, 0.1) is 12.8 Å². The van der Waals surface area contributed by atoms with E-state index in [2.05, 4.69) is 10.3 Å². The van der Waals surface area contributed by atoms with Crippen LogP contribution in [0.4, 0.5) is 0 Å². The molecular weight excluding hydrogens is 428 g/mol. The van der Waals surface area contributed by atoms with Gasteiger partial charge >= 0.3 is 5.69 Å². The molecule has 0 bridgehead atoms. The fourth-order valence-electron chi connectivity index (χ4n) is 3.79. The summed E-state index contributed by atoms with van der Waals surface area (Å²) in [5.74, 6) is 0.434. The van der Waals surface area contributed by atoms with Crippen LogP contribution in [0.5, 0.6) is 11.5 Å². The lowest BCUT2D eigenvalue weighted by atomic mass is 9.98. The lowest BCUT2D eigenvalue weighted by molar-refractivity contribution is -0.126. The maximum absolute atomic E-state index is 13.0. The van der Waals surface area contributed by atoms with Crippen LogP contribution in [0.3, 0.4) is 0 Å². The molecule has 11 nitrogen and oxygen atoms in total. The summed E-state index contributed by atoms with van der Waals surface area (Å²) in [6.07, 6.45) is 1.00. The number of piperidine rings is 1. The highest BCUT2D eigenvalue weighted by Crippen LogP contribution is 2.32. The Morgan fingerprint density at radius 1 is 1.23 bits per heavy atom. The number of carbonyl (C=O) groups excluding carboxylic acids is 1. The molecule has 31 heavy (non-hydrogen) atoms. The van der Waals surface area contributed by atoms with E-state index >= 15 is 0 Å². The molecule has 0 saturated carbocycles. The number of hydrogen-bond acceptors (Lipinski definition) is 7. The molecule has 2 aliphatic heterocycles. The summed E-state index contributed by atoms with van der Waals surface area (Å²) in [5, 5.41) is 2.83. The van der Waals surface area contributed by atoms with E-state index in [1.807, 2.05) is 11.1 Å². The zero-order valence-electron chi connectivity index (χ0n) is 16.8. The molecular formula is C19H22N4O7S. The fourth-order valence-corrected chi connectivity index (χ4v) is 5.51. The maximum atomic E-state index is 13.0. The second kappa shape index (κ2) is 8.19. The summed E-state index contributed by atoms with van der Waals surface area (Å²) in [6.45, 7) is 1.91. The zero-order valence-corrected chi connectivity index (χ0v) is 17.6. The van der Waals surface area contributed by atoms with Gasteiger partial charge in [0, 0.05) is 25.3 Å². The minimum Gasteiger partial charge on any atom is -0.454 e. The molecule has 1 amide bonds. The lowest BCUT2D eigenvalue weighted by Crippen LogP contribution is -2.46. The molecule has 12 heteroatoms. The Bertz CT molecular complexity index is 1230. The van der Waals surface area contributed by atoms with E-state index in [0.717, 1.165) is 9.87 Å². The van der Waals surface area contributed by atoms with E-state index in [0.29, 0.717) is 24.3 Å². The topological polar surface area (TPSA) is 151 Å². The van der Waals surface area contributed by atoms with Crippen molar-refractivity contribution in [3.63, 3.8) is 0 Å². The standard InChI is InChI=1S/C19H22N4O7S/c1-11-16(18(25)22-19(26)21-11)31(27,28)23-6-2-3-13(9-23)17(24)20-8-12-4-5-14-15(7-12)30-10-29-14/h4-5,7,13H,2-3,6,8-10H2,1H3,(H,20,24)(H2,21,22,25,26)/t13-/m0/s1. The molecule has 1 fully saturated rings. The third-order valence-electron chi connectivity index (χ3n) is 5.33. The Kier molecular flexibility index (Phi) is 5.58. The van der Waals surface area contributed by atoms with Gasteiger partial charge in [0.15, 0.2) is 16.4 Å². The first-order valence-electron chi connectivity index (χ1n) is 9.75. The van der Waals surface area contributed by atoms with Crippen LogP contribution in [-0.2, 0) is 21.4 Å². The molecule has 0 aliphatic carbocycles. The van der Waals surface area contributed by atoms with Crippen molar-refractivity contribution in [2.45, 2.75) is 31.2 Å². The number of hydrogen-bond donors (Lipinski definition) is 3. The van der Waals surface area contributed by atoms with Crippen molar-refractivity contribution in [3.05, 3.63) is 50.3 Å². The molecule has 3 N–H and O–H groups in total. The van der Waals surface area contributed by atoms with Crippen LogP contribution >= 0.6 is 0 Å². The molecule has 166 valence electrons. The van der Waals surface area contributed by atoms with Gasteiger partial charge < -0.3 is 19.8 Å². The van der Waals surface area contributed by atoms with Crippen LogP contribution in [0.15, 0.2) is 32.7 Å². The largest absolute Gasteiger partial charge is 0.454 e. The van der Waals surface area contributed by atoms with E-state index in [9.17, 15) is 22.8 Å². The Labute approximate surface area is 177 Å². The molecule has 2 aromatic rings. The molecule has 1 aromatic carbocycles. The first-order valence-corrected chi connectivity index (χ1v) is 11.2. The van der Waals surface area contributed by atoms with E-state index in [1.165, 1.54) is 6.92 Å². The number of nitrogens with one attached hydrogen (secondary N) is 3. The molecule has 1 atom stereocenters. The second-order valence-corrected chi connectivity index (χ2v) is 9.34. The predicted molar refractivity (Wildman–Crippen MR) is 108 cm³/mol. The number of aryl methyl sites for hydroxylation is 1. The molecule has 0 spiro atoms. The Hall–Kier alpha value is -3.12. The maximum Gasteiger partial charge on any atom is 0.325 e. The van der Waals surface area contributed by atoms with Crippen molar-refractivity contribution in [2.75, 3.05) is 19.9 Å². The van der Waals surface area contributed by atoms with Gasteiger partial charge in [0.1, 0.15) is 0 Å². The van der Waals surface area contributed by atoms with E-state index < -0.39 is 32.1 Å². The van der Waals surface area contributed by atoms with Crippen molar-refractivity contribution >= 4 is 15.9 Å². The SMILES string of the molecule is Cc1[nH]c(=O)[nH]c(=O)c1S(=O)(=O)N1CCC[C@H](C(=O)NCc2ccc3c(c2)OCO3)C1. The van der Waals surface area contributed by atoms with Crippen molar-refractivity contribution in [2.24, 2.45) is 5.92 Å². The number of aromatic amines is 2. The lowest BCUT2D eigenvalue weighted by Gasteiger charge is -2.31. The number of benzene rings is 1. The van der Waals surface area contributed by atoms with E-state index in [4.69, 9.17) is 9.47 Å². The number of rotatable bonds is 5. The molecule has 0 unspecified atom stereocenters. The third-order valence-corrected chi connectivity index (χ3v) is 7.35. The first-order chi connectivity index (χ1) is 14.8. The van der Waals surface area contributed by atoms with Crippen molar-refractivity contribution in [1.82, 2.24) is 19.6 Å². The highest BCUT2D eigenvalue weighted by molar-refractivity contribution is 7.89. The number of amides is 1. The van der Waals surface area contributed by atoms with Crippen LogP contribution in [0.25, 0.3) is 0 Å². The number of aromatic nitrogens is 2. The zero-order chi connectivity index (χ0) is 22.2. The summed E-state index contributed by atoms with van der Waals surface area (Å²) >= 11 is 0. The summed E-state index contributed by atoms with van der Waals surface area (Å²) < 4.78 is 37.8. The highest BCUT2D eigenvalue weighted by Gasteiger charge is 2.35. The van der Waals surface area contributed by atoms with Gasteiger partial charge in [-0.15, -0.1) is 0 Å². The van der Waals surface area contributed by atoms with Crippen molar-refractivity contribution < 1.29 is 22.7 Å². The third kappa shape index (κ3) is 4.21. The van der Waals surface area contributed by atoms with Gasteiger partial charge in [0.05, 0.1) is 5.92 Å². The second-order valence-electron chi connectivity index (χ2n) is 7.47. The quantitative estimate of drug-likeness (QED) is 0.572. The average molecular weight is 450 g/mol. The van der Waals surface area contributed by atoms with Crippen LogP contribution < -0.4 is 26.0 Å². The number of ether oxygens (including phenoxy) is 2. The number of nitrogens with zero attached hydrogens (tertiary/aromatic N) is 1. The number of carbonyl (C=O) groups is 1. The van der Waals surface area contributed by atoms with Crippen LogP contribution in [-0.4, -0.2) is 48.5 Å². The molecule has 1 aromatic heterocycles. The van der Waals surface area contributed by atoms with E-state index in [1.54, 1.807) is 12.1 Å². The Morgan fingerprint density at radius 3 is 2.77 bits per heavy atom. The summed E-state index contributed by atoms with van der Waals surface area (Å²) in [6, 6.07) is 5.37. The van der Waals surface area contributed by atoms with Gasteiger partial charge in [-0.1, -0.05) is 6.07 Å². The average Bonchev–Trinajstić information content (AvgIpc) is 3.19. The molecule has 3 heterocycles. The molecule has 0 radical (unpaired) electrons. The predicted octanol–water partition coefficient (Wildman–Crippen LogP) is -0.183. The smallest absolute Gasteiger partial charge is 0.325 e. The fraction of sp³-hybridized carbons (Fsp3) is 0.421. The summed E-state index contributed by atoms with van der Waals surface area (Å²) in [5.41, 5.74) is -0.965. The van der Waals surface area contributed by atoms with E-state index in [-0.39, 0.29) is 38.0 Å². The minimum absolute atomic E-state index is 0.0388. The molecule has 1 saturated heterocycles. The van der Waals surface area contributed by atoms with Gasteiger partial charge in [-0.25, -0.2) is 13.2 Å². The summed E-state index contributed by atoms with van der Waals surface area (Å²) in [4.78, 5) is 39.9. The first kappa shape index (κ1) is 21.1. The Balaban J connectivity index is 1.45. The van der Waals surface area contributed by atoms with Crippen LogP contribution in [0.2, 0.25) is 0 Å². The molecule has 4 rings (SSSR count). The van der Waals surface area contributed by atoms with Crippen LogP contribution in [0.1, 0.15) is 24.1 Å². The monoisotopic (exact) mass is 450 g/mol. The normalized spacial score (nSPS) is 18.7. The van der Waals surface area contributed by atoms with Crippen molar-refractivity contribution in [1.29, 1.82) is 0 Å². The number of H-pyrrole nitrogens is 2. The van der Waals surface area contributed by atoms with Crippen molar-refractivity contribution in [3.8, 4) is 11.5 Å². The van der Waals surface area contributed by atoms with Gasteiger partial charge in [0.25, 0.3) is 5.56 Å². The van der Waals surface area contributed by atoms with Gasteiger partial charge in [-0.2, -0.15) is 4.31 Å². The van der Waals surface area contributed by atoms with Gasteiger partial charge in [-0.3, -0.25) is 14.6 Å². The summed E-state index contributed by atoms with van der Waals surface area (Å²) in [7, 11) is -4.17. The Morgan fingerprint density at radius 2 is 2.00 bits per heavy atom. The van der Waals surface area contributed by atoms with Gasteiger partial charge in [-0.05, 0) is 37.5 Å². The van der Waals surface area contributed by atoms with Gasteiger partial charge in [0.2, 0.25) is 22.7 Å². The number of fused-ring (bicyclic) bond motifs is 1. The highest BCUT2D eigenvalue weighted by atomic mass is 32.2.